The number of para-hydroxylation sites is 1. The number of rotatable bonds is 9. The van der Waals surface area contributed by atoms with Gasteiger partial charge in [0, 0.05) is 96.5 Å². The van der Waals surface area contributed by atoms with Crippen LogP contribution >= 0.6 is 0 Å². The number of likely N-dealkylation sites (N-methyl/N-ethyl adjacent to an activating group) is 1. The molecule has 352 valence electrons. The van der Waals surface area contributed by atoms with Crippen molar-refractivity contribution in [2.45, 2.75) is 87.5 Å². The van der Waals surface area contributed by atoms with Gasteiger partial charge >= 0.3 is 11.9 Å². The number of H-pyrrole nitrogens is 1. The molecule has 1 spiro atoms. The SMILES string of the molecule is CCC1=C[C@@H]2CN(CCc3c([nH]c4ccccc34)[C@@](C(=O)OC)(c3cc4c(cc3OC)N(C)[C@H]3C(O)(CNC(=O)c5ccc6c(c5)OCO6)[C@H](OC(C)=O)[C@]5(CC)C=CCN6CC[C@]43[C@@H]65)C2)C1. The third-order valence-corrected chi connectivity index (χ3v) is 16.8. The monoisotopic (exact) mass is 911 g/mol. The molecule has 3 aromatic carbocycles. The molecule has 1 saturated heterocycles. The van der Waals surface area contributed by atoms with Crippen molar-refractivity contribution in [3.63, 3.8) is 0 Å². The van der Waals surface area contributed by atoms with Crippen LogP contribution in [0.2, 0.25) is 0 Å². The fraction of sp³-hybridized carbons (Fsp3) is 0.491. The summed E-state index contributed by atoms with van der Waals surface area (Å²) >= 11 is 0. The van der Waals surface area contributed by atoms with Crippen molar-refractivity contribution in [1.29, 1.82) is 0 Å². The first-order valence-corrected chi connectivity index (χ1v) is 23.9. The molecule has 1 amide bonds. The lowest BCUT2D eigenvalue weighted by Gasteiger charge is -2.64. The van der Waals surface area contributed by atoms with E-state index in [0.717, 1.165) is 65.9 Å². The molecule has 2 bridgehead atoms. The Morgan fingerprint density at radius 2 is 1.82 bits per heavy atom. The minimum Gasteiger partial charge on any atom is -0.496 e. The van der Waals surface area contributed by atoms with Gasteiger partial charge in [0.05, 0.1) is 26.8 Å². The Bertz CT molecular complexity index is 2770. The number of aliphatic hydroxyl groups is 1. The Morgan fingerprint density at radius 1 is 1.00 bits per heavy atom. The van der Waals surface area contributed by atoms with Crippen LogP contribution in [0.15, 0.2) is 78.4 Å². The Kier molecular flexibility index (Phi) is 10.4. The van der Waals surface area contributed by atoms with E-state index >= 15 is 4.79 Å². The Hall–Kier alpha value is -5.83. The van der Waals surface area contributed by atoms with Crippen LogP contribution in [-0.4, -0.2) is 129 Å². The Balaban J connectivity index is 1.14. The topological polar surface area (TPSA) is 155 Å². The number of esters is 2. The number of fused-ring (bicyclic) bond motifs is 7. The molecule has 67 heavy (non-hydrogen) atoms. The van der Waals surface area contributed by atoms with Crippen LogP contribution in [0.5, 0.6) is 17.2 Å². The predicted octanol–water partition coefficient (Wildman–Crippen LogP) is 5.78. The number of anilines is 1. The van der Waals surface area contributed by atoms with Crippen molar-refractivity contribution in [2.75, 3.05) is 72.2 Å². The number of methoxy groups -OCH3 is 2. The smallest absolute Gasteiger partial charge is 0.322 e. The first kappa shape index (κ1) is 43.7. The molecule has 9 atom stereocenters. The van der Waals surface area contributed by atoms with Crippen LogP contribution in [0, 0.1) is 11.3 Å². The predicted molar refractivity (Wildman–Crippen MR) is 252 cm³/mol. The molecule has 0 radical (unpaired) electrons. The second-order valence-corrected chi connectivity index (χ2v) is 19.9. The summed E-state index contributed by atoms with van der Waals surface area (Å²) in [6, 6.07) is 16.6. The molecule has 2 unspecified atom stereocenters. The zero-order valence-corrected chi connectivity index (χ0v) is 39.3. The summed E-state index contributed by atoms with van der Waals surface area (Å²) in [4.78, 5) is 54.0. The number of carbonyl (C=O) groups is 3. The van der Waals surface area contributed by atoms with Crippen molar-refractivity contribution in [3.8, 4) is 17.2 Å². The molecule has 6 aliphatic heterocycles. The maximum absolute atomic E-state index is 15.5. The highest BCUT2D eigenvalue weighted by molar-refractivity contribution is 5.96. The van der Waals surface area contributed by atoms with E-state index in [2.05, 4.69) is 81.3 Å². The molecule has 14 heteroatoms. The van der Waals surface area contributed by atoms with Gasteiger partial charge < -0.3 is 44.0 Å². The summed E-state index contributed by atoms with van der Waals surface area (Å²) in [5.74, 6) is 0.253. The van der Waals surface area contributed by atoms with E-state index in [1.165, 1.54) is 19.6 Å². The lowest BCUT2D eigenvalue weighted by molar-refractivity contribution is -0.216. The van der Waals surface area contributed by atoms with Crippen LogP contribution < -0.4 is 24.4 Å². The van der Waals surface area contributed by atoms with Gasteiger partial charge in [0.2, 0.25) is 6.79 Å². The standard InChI is InChI=1S/C53H61N5O9/c1-7-32-22-33-26-52(49(61)64-6,44-36(16-20-57(27-32)28-33)35-12-9-10-13-39(35)55-44)38-24-37-40(25-42(38)63-5)56(4)47-51(37)18-21-58-19-11-17-50(8-2,46(51)58)48(67-31(3)59)53(47,62)29-54-45(60)34-14-15-41-43(23-34)66-30-65-41/h9-15,17,22-25,33,46-48,55,62H,7-8,16,18-21,26-30H2,1-6H3,(H,54,60)/t33-,46-,47+,48+,50+,51+,52-,53?/m0/s1. The fourth-order valence-corrected chi connectivity index (χ4v) is 14.4. The third-order valence-electron chi connectivity index (χ3n) is 16.8. The van der Waals surface area contributed by atoms with E-state index in [1.807, 2.05) is 19.2 Å². The largest absolute Gasteiger partial charge is 0.496 e. The van der Waals surface area contributed by atoms with E-state index in [4.69, 9.17) is 23.7 Å². The number of hydrogen-bond donors (Lipinski definition) is 3. The van der Waals surface area contributed by atoms with Gasteiger partial charge in [-0.05, 0) is 86.0 Å². The number of aromatic amines is 1. The quantitative estimate of drug-likeness (QED) is 0.138. The zero-order chi connectivity index (χ0) is 46.6. The molecule has 14 nitrogen and oxygen atoms in total. The first-order valence-electron chi connectivity index (χ1n) is 23.9. The van der Waals surface area contributed by atoms with Gasteiger partial charge in [0.15, 0.2) is 11.5 Å². The molecule has 1 saturated carbocycles. The lowest BCUT2D eigenvalue weighted by atomic mass is 9.47. The number of aromatic nitrogens is 1. The third kappa shape index (κ3) is 6.14. The van der Waals surface area contributed by atoms with Crippen molar-refractivity contribution in [2.24, 2.45) is 11.3 Å². The molecule has 1 aliphatic carbocycles. The number of nitrogens with one attached hydrogen (secondary N) is 2. The highest BCUT2D eigenvalue weighted by Gasteiger charge is 2.78. The van der Waals surface area contributed by atoms with Gasteiger partial charge in [0.25, 0.3) is 5.91 Å². The van der Waals surface area contributed by atoms with Gasteiger partial charge in [0.1, 0.15) is 22.9 Å². The highest BCUT2D eigenvalue weighted by Crippen LogP contribution is 2.68. The van der Waals surface area contributed by atoms with Crippen LogP contribution in [-0.2, 0) is 36.3 Å². The molecule has 4 aromatic rings. The minimum atomic E-state index is -1.85. The summed E-state index contributed by atoms with van der Waals surface area (Å²) in [5, 5.41) is 18.2. The fourth-order valence-electron chi connectivity index (χ4n) is 14.4. The molecule has 7 aliphatic rings. The van der Waals surface area contributed by atoms with Gasteiger partial charge in [-0.3, -0.25) is 24.2 Å². The van der Waals surface area contributed by atoms with Crippen molar-refractivity contribution < 1.29 is 43.2 Å². The molecular weight excluding hydrogens is 851 g/mol. The second kappa shape index (κ2) is 15.9. The summed E-state index contributed by atoms with van der Waals surface area (Å²) in [6.45, 7) is 9.45. The van der Waals surface area contributed by atoms with Crippen molar-refractivity contribution in [1.82, 2.24) is 20.1 Å². The summed E-state index contributed by atoms with van der Waals surface area (Å²) in [7, 11) is 5.11. The normalized spacial score (nSPS) is 32.2. The van der Waals surface area contributed by atoms with Gasteiger partial charge in [-0.2, -0.15) is 0 Å². The van der Waals surface area contributed by atoms with Crippen LogP contribution in [0.4, 0.5) is 5.69 Å². The summed E-state index contributed by atoms with van der Waals surface area (Å²) < 4.78 is 30.1. The number of hydrogen-bond acceptors (Lipinski definition) is 12. The van der Waals surface area contributed by atoms with Crippen molar-refractivity contribution >= 4 is 34.4 Å². The first-order chi connectivity index (χ1) is 32.4. The van der Waals surface area contributed by atoms with Crippen molar-refractivity contribution in [3.05, 3.63) is 106 Å². The van der Waals surface area contributed by atoms with E-state index in [9.17, 15) is 14.7 Å². The molecule has 1 aromatic heterocycles. The van der Waals surface area contributed by atoms with E-state index < -0.39 is 45.9 Å². The minimum absolute atomic E-state index is 0.0162. The van der Waals surface area contributed by atoms with E-state index in [1.54, 1.807) is 25.3 Å². The number of ether oxygens (including phenoxy) is 5. The van der Waals surface area contributed by atoms with E-state index in [0.29, 0.717) is 60.7 Å². The van der Waals surface area contributed by atoms with Crippen LogP contribution in [0.3, 0.4) is 0 Å². The molecule has 2 fully saturated rings. The summed E-state index contributed by atoms with van der Waals surface area (Å²) in [6.07, 6.45) is 8.90. The molecule has 7 heterocycles. The average Bonchev–Trinajstić information content (AvgIpc) is 4.13. The number of benzene rings is 3. The van der Waals surface area contributed by atoms with Crippen LogP contribution in [0.1, 0.15) is 79.2 Å². The highest BCUT2D eigenvalue weighted by atomic mass is 16.7. The van der Waals surface area contributed by atoms with Gasteiger partial charge in [-0.15, -0.1) is 0 Å². The average molecular weight is 912 g/mol. The summed E-state index contributed by atoms with van der Waals surface area (Å²) in [5.41, 5.74) is 2.21. The van der Waals surface area contributed by atoms with Gasteiger partial charge in [-0.25, -0.2) is 0 Å². The number of carbonyl (C=O) groups excluding carboxylic acids is 3. The van der Waals surface area contributed by atoms with Crippen LogP contribution in [0.25, 0.3) is 10.9 Å². The molecule has 11 rings (SSSR count). The Labute approximate surface area is 391 Å². The zero-order valence-electron chi connectivity index (χ0n) is 39.3. The maximum atomic E-state index is 15.5. The van der Waals surface area contributed by atoms with E-state index in [-0.39, 0.29) is 31.3 Å². The van der Waals surface area contributed by atoms with Gasteiger partial charge in [-0.1, -0.05) is 55.8 Å². The maximum Gasteiger partial charge on any atom is 0.322 e. The molecule has 3 N–H and O–H groups in total. The number of nitrogens with zero attached hydrogens (tertiary/aromatic N) is 3. The molecular formula is C53H61N5O9. The lowest BCUT2D eigenvalue weighted by Crippen LogP contribution is -2.81. The second-order valence-electron chi connectivity index (χ2n) is 19.9. The Morgan fingerprint density at radius 3 is 2.60 bits per heavy atom. The number of amides is 1.